The van der Waals surface area contributed by atoms with E-state index in [-0.39, 0.29) is 35.7 Å². The van der Waals surface area contributed by atoms with E-state index < -0.39 is 0 Å². The Morgan fingerprint density at radius 1 is 0.348 bits per heavy atom. The predicted octanol–water partition coefficient (Wildman–Crippen LogP) is 12.5. The maximum absolute atomic E-state index is 5.94. The molecule has 0 saturated heterocycles. The molecule has 352 valence electrons. The molecule has 0 aromatic heterocycles. The van der Waals surface area contributed by atoms with Crippen molar-refractivity contribution in [2.45, 2.75) is 133 Å². The molecule has 0 N–H and O–H groups in total. The summed E-state index contributed by atoms with van der Waals surface area (Å²) in [5.41, 5.74) is 21.7. The predicted molar refractivity (Wildman–Crippen MR) is 288 cm³/mol. The van der Waals surface area contributed by atoms with Crippen molar-refractivity contribution in [2.24, 2.45) is 0 Å². The summed E-state index contributed by atoms with van der Waals surface area (Å²) in [6.07, 6.45) is 0. The van der Waals surface area contributed by atoms with Crippen LogP contribution in [0.15, 0.2) is 72.8 Å². The van der Waals surface area contributed by atoms with Gasteiger partial charge in [-0.05, 0) is 0 Å². The van der Waals surface area contributed by atoms with E-state index >= 15 is 0 Å². The summed E-state index contributed by atoms with van der Waals surface area (Å²) in [5, 5.41) is 10.9. The zero-order valence-corrected chi connectivity index (χ0v) is 53.5. The molecule has 8 rings (SSSR count). The SMILES string of the molecule is C[Si](C)=[Zr+2].C[Si](C)=[Zr+2].Cc1[cH-]c2c(C)ccc(CCl)c2c1C.Cc1[cH-]c2c(C)ccc(CCl)c2c1C.Cc1[cH-]c2c(C)ccc(CCl)c2c1C.Cc1[cH-]c2c(C)ccc(CCl)c2c1C.[Cl-].[Cl-]. The molecular weight excluding hydrogens is 1120 g/mol. The van der Waals surface area contributed by atoms with Crippen molar-refractivity contribution in [3.05, 3.63) is 162 Å². The minimum atomic E-state index is 0. The number of alkyl halides is 4. The Labute approximate surface area is 461 Å². The van der Waals surface area contributed by atoms with Crippen molar-refractivity contribution >= 4 is 100 Å². The normalized spacial score (nSPS) is 10.3. The molecule has 0 aliphatic carbocycles. The first-order chi connectivity index (χ1) is 30.1. The van der Waals surface area contributed by atoms with Gasteiger partial charge in [0.25, 0.3) is 0 Å². The summed E-state index contributed by atoms with van der Waals surface area (Å²) in [6, 6.07) is 26.2. The Kier molecular flexibility index (Phi) is 28.3. The molecule has 10 heteroatoms. The van der Waals surface area contributed by atoms with Crippen LogP contribution in [0.3, 0.4) is 0 Å². The van der Waals surface area contributed by atoms with Crippen molar-refractivity contribution < 1.29 is 71.5 Å². The van der Waals surface area contributed by atoms with E-state index in [4.69, 9.17) is 46.4 Å². The molecule has 66 heavy (non-hydrogen) atoms. The van der Waals surface area contributed by atoms with Crippen molar-refractivity contribution in [3.63, 3.8) is 0 Å². The molecule has 0 nitrogen and oxygen atoms in total. The number of rotatable bonds is 4. The van der Waals surface area contributed by atoms with Gasteiger partial charge in [-0.1, -0.05) is 130 Å². The molecule has 0 unspecified atom stereocenters. The van der Waals surface area contributed by atoms with Crippen LogP contribution in [-0.2, 0) is 70.2 Å². The van der Waals surface area contributed by atoms with E-state index in [9.17, 15) is 0 Å². The quantitative estimate of drug-likeness (QED) is 0.0936. The first-order valence-electron chi connectivity index (χ1n) is 21.9. The average molecular weight is 1190 g/mol. The van der Waals surface area contributed by atoms with Crippen molar-refractivity contribution in [2.75, 3.05) is 0 Å². The smallest absolute Gasteiger partial charge is 0.0387 e. The fourth-order valence-corrected chi connectivity index (χ4v) is 9.01. The Balaban J connectivity index is 0.000000413. The minimum Gasteiger partial charge on any atom is -1.00 e. The number of halogens is 6. The second-order valence-electron chi connectivity index (χ2n) is 17.7. The molecule has 0 aliphatic rings. The Bertz CT molecular complexity index is 2500. The second kappa shape index (κ2) is 29.6. The summed E-state index contributed by atoms with van der Waals surface area (Å²) in [7, 11) is 0. The topological polar surface area (TPSA) is 0 Å². The van der Waals surface area contributed by atoms with Crippen LogP contribution < -0.4 is 24.8 Å². The van der Waals surface area contributed by atoms with Crippen molar-refractivity contribution in [1.29, 1.82) is 0 Å². The van der Waals surface area contributed by atoms with Gasteiger partial charge in [-0.15, -0.1) is 183 Å². The van der Waals surface area contributed by atoms with Gasteiger partial charge in [0, 0.05) is 23.5 Å². The molecule has 0 heterocycles. The van der Waals surface area contributed by atoms with Crippen LogP contribution in [0.1, 0.15) is 89.0 Å². The van der Waals surface area contributed by atoms with E-state index in [0.29, 0.717) is 23.5 Å². The maximum Gasteiger partial charge on any atom is 0.0387 e. The third kappa shape index (κ3) is 16.1. The third-order valence-corrected chi connectivity index (χ3v) is 13.2. The summed E-state index contributed by atoms with van der Waals surface area (Å²) in [6.45, 7) is 35.2. The number of aryl methyl sites for hydroxylation is 12. The third-order valence-electron chi connectivity index (χ3n) is 12.1. The van der Waals surface area contributed by atoms with Crippen LogP contribution in [-0.4, -0.2) is 10.9 Å². The maximum atomic E-state index is 5.94. The summed E-state index contributed by atoms with van der Waals surface area (Å²) in [4.78, 5) is 0. The van der Waals surface area contributed by atoms with Crippen molar-refractivity contribution in [1.82, 2.24) is 0 Å². The Morgan fingerprint density at radius 3 is 0.636 bits per heavy atom. The fourth-order valence-electron chi connectivity index (χ4n) is 8.12. The number of hydrogen-bond donors (Lipinski definition) is 0. The zero-order valence-electron chi connectivity index (χ0n) is 42.0. The molecule has 0 aliphatic heterocycles. The zero-order chi connectivity index (χ0) is 48.3. The van der Waals surface area contributed by atoms with Crippen LogP contribution in [0.4, 0.5) is 0 Å². The molecule has 0 bridgehead atoms. The van der Waals surface area contributed by atoms with Gasteiger partial charge in [-0.3, -0.25) is 0 Å². The van der Waals surface area contributed by atoms with E-state index in [2.05, 4.69) is 182 Å². The van der Waals surface area contributed by atoms with Crippen LogP contribution >= 0.6 is 46.4 Å². The largest absolute Gasteiger partial charge is 1.00 e. The monoisotopic (exact) mass is 1190 g/mol. The van der Waals surface area contributed by atoms with Gasteiger partial charge in [0.05, 0.1) is 0 Å². The molecule has 0 radical (unpaired) electrons. The van der Waals surface area contributed by atoms with Gasteiger partial charge >= 0.3 is 83.7 Å². The number of benzene rings is 4. The minimum absolute atomic E-state index is 0. The molecule has 0 amide bonds. The van der Waals surface area contributed by atoms with Crippen molar-refractivity contribution in [3.8, 4) is 0 Å². The molecule has 0 spiro atoms. The molecule has 8 aromatic rings. The molecule has 0 saturated carbocycles. The van der Waals surface area contributed by atoms with Gasteiger partial charge in [0.2, 0.25) is 0 Å². The molecule has 0 atom stereocenters. The summed E-state index contributed by atoms with van der Waals surface area (Å²) < 4.78 is 0. The van der Waals surface area contributed by atoms with E-state index in [1.807, 2.05) is 0 Å². The van der Waals surface area contributed by atoms with Crippen LogP contribution in [0.25, 0.3) is 43.1 Å². The standard InChI is InChI=1S/4C13H14Cl.2C2H6Si.2ClH.2Zr/c4*1-8-4-5-11(7-14)13-10(3)9(2)6-12(8)13;2*1-3-2;;;;/h4*4-6H,7H2,1-3H3;2*1-2H3;2*1H;;/q4*-1;;;;;2*+2/p-2. The summed E-state index contributed by atoms with van der Waals surface area (Å²) >= 11 is 27.2. The van der Waals surface area contributed by atoms with Crippen LogP contribution in [0.5, 0.6) is 0 Å². The summed E-state index contributed by atoms with van der Waals surface area (Å²) in [5.74, 6) is 2.39. The van der Waals surface area contributed by atoms with Gasteiger partial charge in [-0.25, -0.2) is 0 Å². The first kappa shape index (κ1) is 63.3. The first-order valence-corrected chi connectivity index (χ1v) is 36.4. The van der Waals surface area contributed by atoms with Gasteiger partial charge in [0.1, 0.15) is 0 Å². The average Bonchev–Trinajstić information content (AvgIpc) is 3.94. The van der Waals surface area contributed by atoms with Crippen LogP contribution in [0.2, 0.25) is 26.2 Å². The second-order valence-corrected chi connectivity index (χ2v) is 37.5. The Morgan fingerprint density at radius 2 is 0.500 bits per heavy atom. The molecular formula is C56H68Cl6Si2Zr2-2. The van der Waals surface area contributed by atoms with Crippen LogP contribution in [0, 0.1) is 83.1 Å². The van der Waals surface area contributed by atoms with E-state index in [1.54, 1.807) is 46.7 Å². The Hall–Kier alpha value is -0.740. The molecule has 0 fully saturated rings. The number of hydrogen-bond acceptors (Lipinski definition) is 0. The van der Waals surface area contributed by atoms with E-state index in [1.165, 1.54) is 132 Å². The molecule has 8 aromatic carbocycles. The number of fused-ring (bicyclic) bond motifs is 4. The van der Waals surface area contributed by atoms with Gasteiger partial charge in [-0.2, -0.15) is 22.3 Å². The van der Waals surface area contributed by atoms with Gasteiger partial charge < -0.3 is 24.8 Å². The van der Waals surface area contributed by atoms with E-state index in [0.717, 1.165) is 0 Å². The van der Waals surface area contributed by atoms with Gasteiger partial charge in [0.15, 0.2) is 0 Å². The fraction of sp³-hybridized carbons (Fsp3) is 0.357.